The normalized spacial score (nSPS) is 16.0. The Morgan fingerprint density at radius 3 is 2.29 bits per heavy atom. The van der Waals surface area contributed by atoms with Crippen molar-refractivity contribution in [3.63, 3.8) is 0 Å². The third kappa shape index (κ3) is 7.70. The number of carbonyl (C=O) groups excluding carboxylic acids is 1. The van der Waals surface area contributed by atoms with Crippen molar-refractivity contribution in [2.75, 3.05) is 26.7 Å². The van der Waals surface area contributed by atoms with Crippen LogP contribution >= 0.6 is 15.9 Å². The van der Waals surface area contributed by atoms with Gasteiger partial charge in [-0.2, -0.15) is 0 Å². The summed E-state index contributed by atoms with van der Waals surface area (Å²) in [6.07, 6.45) is 7.70. The molecular formula is C29H31BrHgN3O. The summed E-state index contributed by atoms with van der Waals surface area (Å²) in [5, 5.41) is 0. The zero-order valence-corrected chi connectivity index (χ0v) is 27.6. The van der Waals surface area contributed by atoms with Crippen molar-refractivity contribution < 1.29 is 30.9 Å². The van der Waals surface area contributed by atoms with Crippen molar-refractivity contribution in [2.45, 2.75) is 19.4 Å². The zero-order chi connectivity index (χ0) is 25.2. The van der Waals surface area contributed by atoms with Crippen molar-refractivity contribution in [1.82, 2.24) is 9.80 Å². The number of allylic oxidation sites excluding steroid dienone is 3. The first-order valence-corrected chi connectivity index (χ1v) is 15.3. The molecule has 0 spiro atoms. The Kier molecular flexibility index (Phi) is 10.9. The minimum absolute atomic E-state index is 0.0828. The molecule has 177 valence electrons. The van der Waals surface area contributed by atoms with E-state index in [0.29, 0.717) is 6.54 Å². The first-order valence-electron chi connectivity index (χ1n) is 11.7. The van der Waals surface area contributed by atoms with Crippen molar-refractivity contribution in [3.8, 4) is 0 Å². The van der Waals surface area contributed by atoms with Gasteiger partial charge in [-0.05, 0) is 0 Å². The number of hydrogen-bond donors (Lipinski definition) is 0. The molecule has 4 nitrogen and oxygen atoms in total. The van der Waals surface area contributed by atoms with E-state index in [-0.39, 0.29) is 32.2 Å². The molecular weight excluding hydrogens is 687 g/mol. The van der Waals surface area contributed by atoms with E-state index in [0.717, 1.165) is 50.5 Å². The summed E-state index contributed by atoms with van der Waals surface area (Å²) < 4.78 is 2.10. The first kappa shape index (κ1) is 27.5. The van der Waals surface area contributed by atoms with E-state index in [2.05, 4.69) is 94.0 Å². The molecule has 6 heteroatoms. The maximum absolute atomic E-state index is 12.0. The number of benzene rings is 2. The Bertz CT molecular complexity index is 1100. The maximum atomic E-state index is 12.0. The molecule has 35 heavy (non-hydrogen) atoms. The molecule has 0 saturated heterocycles. The summed E-state index contributed by atoms with van der Waals surface area (Å²) in [6, 6.07) is 21.2. The molecule has 0 unspecified atom stereocenters. The predicted octanol–water partition coefficient (Wildman–Crippen LogP) is 6.18. The first-order chi connectivity index (χ1) is 17.0. The van der Waals surface area contributed by atoms with Crippen LogP contribution in [0.1, 0.15) is 30.5 Å². The van der Waals surface area contributed by atoms with Crippen molar-refractivity contribution >= 4 is 25.6 Å². The van der Waals surface area contributed by atoms with Crippen LogP contribution in [0.2, 0.25) is 0 Å². The van der Waals surface area contributed by atoms with Gasteiger partial charge in [0.05, 0.1) is 0 Å². The minimum atomic E-state index is 0.0828. The van der Waals surface area contributed by atoms with E-state index >= 15 is 0 Å². The molecule has 0 bridgehead atoms. The Morgan fingerprint density at radius 2 is 1.77 bits per heavy atom. The molecule has 0 aromatic heterocycles. The molecule has 0 radical (unpaired) electrons. The molecule has 1 aliphatic rings. The molecule has 1 heterocycles. The van der Waals surface area contributed by atoms with Crippen LogP contribution in [0, 0.1) is 0 Å². The summed E-state index contributed by atoms with van der Waals surface area (Å²) >= 11 is 3.81. The molecule has 0 aliphatic carbocycles. The Labute approximate surface area is 233 Å². The number of aldehydes is 1. The molecule has 0 amide bonds. The van der Waals surface area contributed by atoms with Gasteiger partial charge in [0.2, 0.25) is 0 Å². The van der Waals surface area contributed by atoms with E-state index in [1.165, 1.54) is 11.1 Å². The van der Waals surface area contributed by atoms with Crippen LogP contribution in [-0.2, 0) is 30.9 Å². The van der Waals surface area contributed by atoms with Crippen molar-refractivity contribution in [1.29, 1.82) is 0 Å². The Hall–Kier alpha value is -2.08. The number of hydrogen-bond acceptors (Lipinski definition) is 3. The number of halogens is 1. The summed E-state index contributed by atoms with van der Waals surface area (Å²) in [7, 11) is 2.12. The summed E-state index contributed by atoms with van der Waals surface area (Å²) in [5.74, 6) is 0. The molecule has 2 aromatic rings. The van der Waals surface area contributed by atoms with Crippen LogP contribution in [0.25, 0.3) is 0 Å². The van der Waals surface area contributed by atoms with E-state index in [9.17, 15) is 4.79 Å². The van der Waals surface area contributed by atoms with Gasteiger partial charge in [0.15, 0.2) is 0 Å². The fraction of sp³-hybridized carbons (Fsp3) is 0.241. The molecule has 0 N–H and O–H groups in total. The monoisotopic (exact) mass is 718 g/mol. The molecule has 0 atom stereocenters. The van der Waals surface area contributed by atoms with Gasteiger partial charge in [0, 0.05) is 0 Å². The molecule has 0 saturated carbocycles. The van der Waals surface area contributed by atoms with E-state index < -0.39 is 0 Å². The van der Waals surface area contributed by atoms with Crippen LogP contribution in [0.3, 0.4) is 0 Å². The third-order valence-corrected chi connectivity index (χ3v) is 9.37. The van der Waals surface area contributed by atoms with Crippen molar-refractivity contribution in [3.05, 3.63) is 118 Å². The van der Waals surface area contributed by atoms with E-state index in [4.69, 9.17) is 4.99 Å². The van der Waals surface area contributed by atoms with Crippen LogP contribution in [0.15, 0.2) is 112 Å². The number of rotatable bonds is 9. The van der Waals surface area contributed by atoms with Crippen LogP contribution < -0.4 is 0 Å². The standard InChI is InChI=1S/C29H31BrN3O.Hg/c1-4-23(18-27(30)5-2)19-33-17-16-28(26(20-33)21-34)31-22-32(3)29(24-12-8-6-9-13-24)25-14-10-7-11-15-25;/h4-15,18,21,29H,1,16-17,19-20H2,2-3H3;/b23-18+,27-5+,31-22?;. The second-order valence-corrected chi connectivity index (χ2v) is 11.9. The van der Waals surface area contributed by atoms with E-state index in [1.54, 1.807) is 0 Å². The topological polar surface area (TPSA) is 35.9 Å². The van der Waals surface area contributed by atoms with Crippen LogP contribution in [-0.4, -0.2) is 46.1 Å². The summed E-state index contributed by atoms with van der Waals surface area (Å²) in [6.45, 7) is 8.15. The molecule has 3 rings (SSSR count). The number of nitrogens with zero attached hydrogens (tertiary/aromatic N) is 3. The number of amidine groups is 1. The SMILES string of the molecule is C=C/C(=C\C(Br)=C/C)CN1CCC(N=[C]([Hg])N(C)C(c2ccccc2)c2ccccc2)=C(C=O)C1. The van der Waals surface area contributed by atoms with Gasteiger partial charge in [-0.25, -0.2) is 0 Å². The summed E-state index contributed by atoms with van der Waals surface area (Å²) in [4.78, 5) is 21.6. The van der Waals surface area contributed by atoms with Crippen molar-refractivity contribution in [2.24, 2.45) is 4.99 Å². The number of aliphatic imine (C=N–C) groups is 1. The predicted molar refractivity (Wildman–Crippen MR) is 145 cm³/mol. The average Bonchev–Trinajstić information content (AvgIpc) is 2.90. The molecule has 0 fully saturated rings. The van der Waals surface area contributed by atoms with Gasteiger partial charge in [-0.15, -0.1) is 0 Å². The van der Waals surface area contributed by atoms with Crippen LogP contribution in [0.4, 0.5) is 0 Å². The van der Waals surface area contributed by atoms with Gasteiger partial charge in [-0.1, -0.05) is 0 Å². The number of carbonyl (C=O) groups is 1. The van der Waals surface area contributed by atoms with Crippen LogP contribution in [0.5, 0.6) is 0 Å². The zero-order valence-electron chi connectivity index (χ0n) is 20.5. The third-order valence-electron chi connectivity index (χ3n) is 6.13. The molecule has 1 aliphatic heterocycles. The fourth-order valence-corrected chi connectivity index (χ4v) is 5.93. The van der Waals surface area contributed by atoms with Gasteiger partial charge in [0.1, 0.15) is 0 Å². The second kappa shape index (κ2) is 13.9. The van der Waals surface area contributed by atoms with Gasteiger partial charge in [0.25, 0.3) is 0 Å². The van der Waals surface area contributed by atoms with Gasteiger partial charge >= 0.3 is 235 Å². The summed E-state index contributed by atoms with van der Waals surface area (Å²) in [5.41, 5.74) is 5.28. The van der Waals surface area contributed by atoms with Gasteiger partial charge < -0.3 is 0 Å². The quantitative estimate of drug-likeness (QED) is 0.102. The Morgan fingerprint density at radius 1 is 1.17 bits per heavy atom. The Balaban J connectivity index is 1.84. The van der Waals surface area contributed by atoms with Gasteiger partial charge in [-0.3, -0.25) is 0 Å². The average molecular weight is 718 g/mol. The second-order valence-electron chi connectivity index (χ2n) is 8.51. The van der Waals surface area contributed by atoms with E-state index in [1.807, 2.05) is 31.2 Å². The fourth-order valence-electron chi connectivity index (χ4n) is 4.19. The molecule has 2 aromatic carbocycles.